The highest BCUT2D eigenvalue weighted by atomic mass is 35.5. The van der Waals surface area contributed by atoms with Crippen LogP contribution >= 0.6 is 34.8 Å². The van der Waals surface area contributed by atoms with Crippen LogP contribution in [0.2, 0.25) is 15.1 Å². The fourth-order valence-electron chi connectivity index (χ4n) is 4.79. The van der Waals surface area contributed by atoms with Gasteiger partial charge in [0.05, 0.1) is 10.0 Å². The Morgan fingerprint density at radius 1 is 1.02 bits per heavy atom. The fourth-order valence-corrected chi connectivity index (χ4v) is 5.77. The van der Waals surface area contributed by atoms with Crippen molar-refractivity contribution in [3.63, 3.8) is 0 Å². The molecular weight excluding hydrogens is 627 g/mol. The summed E-state index contributed by atoms with van der Waals surface area (Å²) in [6, 6.07) is 15.7. The lowest BCUT2D eigenvalue weighted by Gasteiger charge is -2.22. The fraction of sp³-hybridized carbons (Fsp3) is 0.194. The normalized spacial score (nSPS) is 14.4. The number of nitrogens with zero attached hydrogens (tertiary/aromatic N) is 5. The summed E-state index contributed by atoms with van der Waals surface area (Å²) in [5.74, 6) is -0.749. The maximum Gasteiger partial charge on any atom is 0.280 e. The van der Waals surface area contributed by atoms with Crippen LogP contribution in [-0.4, -0.2) is 46.5 Å². The summed E-state index contributed by atoms with van der Waals surface area (Å²) in [6.07, 6.45) is 3.08. The molecule has 5 rings (SSSR count). The molecule has 1 atom stereocenters. The van der Waals surface area contributed by atoms with Gasteiger partial charge in [-0.25, -0.2) is 0 Å². The van der Waals surface area contributed by atoms with Gasteiger partial charge in [0.15, 0.2) is 18.5 Å². The molecule has 1 aliphatic rings. The standard InChI is InChI=1S/C31H27Cl3N6O4/c1-4-38(26(41)17-44-25-10-9-18(2)13-19(25)3)22-8-5-7-20(14-22)30(42)36-29-28(39-12-6-11-35-39)31(43)40(37-29)27-23(33)15-21(32)16-24(27)34/h5-16,28H,4,17H2,1-3H3,(H,36,37,42). The third-order valence-corrected chi connectivity index (χ3v) is 7.65. The summed E-state index contributed by atoms with van der Waals surface area (Å²) in [5.41, 5.74) is 2.88. The van der Waals surface area contributed by atoms with Gasteiger partial charge in [0.25, 0.3) is 17.7 Å². The van der Waals surface area contributed by atoms with E-state index in [0.29, 0.717) is 18.0 Å². The molecule has 0 radical (unpaired) electrons. The van der Waals surface area contributed by atoms with Crippen LogP contribution in [0.4, 0.5) is 11.4 Å². The molecule has 226 valence electrons. The predicted molar refractivity (Wildman–Crippen MR) is 171 cm³/mol. The molecule has 0 fully saturated rings. The Kier molecular flexibility index (Phi) is 9.24. The highest BCUT2D eigenvalue weighted by Crippen LogP contribution is 2.39. The van der Waals surface area contributed by atoms with E-state index in [-0.39, 0.29) is 44.7 Å². The Labute approximate surface area is 268 Å². The Morgan fingerprint density at radius 2 is 1.77 bits per heavy atom. The van der Waals surface area contributed by atoms with E-state index in [9.17, 15) is 14.4 Å². The molecule has 1 aromatic heterocycles. The molecular formula is C31H27Cl3N6O4. The zero-order chi connectivity index (χ0) is 31.5. The van der Waals surface area contributed by atoms with E-state index in [1.165, 1.54) is 27.9 Å². The smallest absolute Gasteiger partial charge is 0.280 e. The number of aryl methyl sites for hydroxylation is 2. The average Bonchev–Trinajstić information content (AvgIpc) is 3.60. The number of halogens is 3. The summed E-state index contributed by atoms with van der Waals surface area (Å²) < 4.78 is 7.16. The minimum absolute atomic E-state index is 0.00137. The summed E-state index contributed by atoms with van der Waals surface area (Å²) >= 11 is 18.8. The highest BCUT2D eigenvalue weighted by molar-refractivity contribution is 6.43. The zero-order valence-electron chi connectivity index (χ0n) is 23.9. The second kappa shape index (κ2) is 13.1. The molecule has 4 aromatic rings. The van der Waals surface area contributed by atoms with Crippen LogP contribution in [0.1, 0.15) is 34.5 Å². The van der Waals surface area contributed by atoms with Crippen molar-refractivity contribution in [1.82, 2.24) is 15.1 Å². The molecule has 3 aromatic carbocycles. The van der Waals surface area contributed by atoms with E-state index in [4.69, 9.17) is 39.5 Å². The largest absolute Gasteiger partial charge is 0.483 e. The average molecular weight is 654 g/mol. The highest BCUT2D eigenvalue weighted by Gasteiger charge is 2.41. The second-order valence-electron chi connectivity index (χ2n) is 9.94. The first-order valence-corrected chi connectivity index (χ1v) is 14.7. The van der Waals surface area contributed by atoms with E-state index in [1.807, 2.05) is 39.0 Å². The number of amides is 3. The molecule has 2 heterocycles. The number of hydrogen-bond acceptors (Lipinski definition) is 6. The minimum atomic E-state index is -1.10. The first-order chi connectivity index (χ1) is 21.1. The number of amidine groups is 1. The molecule has 13 heteroatoms. The van der Waals surface area contributed by atoms with E-state index in [1.54, 1.807) is 36.5 Å². The molecule has 0 spiro atoms. The van der Waals surface area contributed by atoms with Crippen LogP contribution in [0, 0.1) is 13.8 Å². The number of nitrogens with one attached hydrogen (secondary N) is 1. The summed E-state index contributed by atoms with van der Waals surface area (Å²) in [4.78, 5) is 41.7. The van der Waals surface area contributed by atoms with Crippen molar-refractivity contribution >= 4 is 69.7 Å². The van der Waals surface area contributed by atoms with Crippen LogP contribution in [0.25, 0.3) is 0 Å². The van der Waals surface area contributed by atoms with E-state index < -0.39 is 17.9 Å². The van der Waals surface area contributed by atoms with Gasteiger partial charge in [0.1, 0.15) is 11.4 Å². The molecule has 1 N–H and O–H groups in total. The summed E-state index contributed by atoms with van der Waals surface area (Å²) in [5, 5.41) is 12.8. The number of likely N-dealkylation sites (N-methyl/N-ethyl adjacent to an activating group) is 1. The molecule has 0 aliphatic carbocycles. The number of anilines is 2. The molecule has 44 heavy (non-hydrogen) atoms. The first kappa shape index (κ1) is 31.1. The Bertz CT molecular complexity index is 1750. The maximum atomic E-state index is 13.6. The number of ether oxygens (including phenoxy) is 1. The van der Waals surface area contributed by atoms with Gasteiger partial charge in [0.2, 0.25) is 0 Å². The van der Waals surface area contributed by atoms with Crippen molar-refractivity contribution in [1.29, 1.82) is 0 Å². The first-order valence-electron chi connectivity index (χ1n) is 13.5. The Hall–Kier alpha value is -4.38. The minimum Gasteiger partial charge on any atom is -0.483 e. The molecule has 0 saturated carbocycles. The van der Waals surface area contributed by atoms with E-state index in [0.717, 1.165) is 16.1 Å². The third kappa shape index (κ3) is 6.42. The number of hydrogen-bond donors (Lipinski definition) is 1. The second-order valence-corrected chi connectivity index (χ2v) is 11.2. The van der Waals surface area contributed by atoms with Crippen LogP contribution in [0.3, 0.4) is 0 Å². The van der Waals surface area contributed by atoms with Crippen molar-refractivity contribution < 1.29 is 19.1 Å². The Morgan fingerprint density at radius 3 is 2.43 bits per heavy atom. The number of aromatic nitrogens is 2. The quantitative estimate of drug-likeness (QED) is 0.243. The van der Waals surface area contributed by atoms with Gasteiger partial charge in [-0.05, 0) is 68.8 Å². The maximum absolute atomic E-state index is 13.6. The number of hydrazone groups is 1. The van der Waals surface area contributed by atoms with Crippen molar-refractivity contribution in [3.05, 3.63) is 105 Å². The third-order valence-electron chi connectivity index (χ3n) is 6.85. The van der Waals surface area contributed by atoms with Crippen LogP contribution in [0.15, 0.2) is 78.2 Å². The monoisotopic (exact) mass is 652 g/mol. The molecule has 0 saturated heterocycles. The zero-order valence-corrected chi connectivity index (χ0v) is 26.2. The van der Waals surface area contributed by atoms with E-state index in [2.05, 4.69) is 15.5 Å². The van der Waals surface area contributed by atoms with Gasteiger partial charge in [-0.15, -0.1) is 5.10 Å². The topological polar surface area (TPSA) is 109 Å². The Balaban J connectivity index is 1.38. The van der Waals surface area contributed by atoms with Gasteiger partial charge in [0, 0.05) is 35.2 Å². The summed E-state index contributed by atoms with van der Waals surface area (Å²) in [7, 11) is 0. The predicted octanol–water partition coefficient (Wildman–Crippen LogP) is 6.22. The van der Waals surface area contributed by atoms with Gasteiger partial charge >= 0.3 is 0 Å². The summed E-state index contributed by atoms with van der Waals surface area (Å²) in [6.45, 7) is 5.91. The van der Waals surface area contributed by atoms with Gasteiger partial charge in [-0.3, -0.25) is 19.1 Å². The number of carbonyl (C=O) groups excluding carboxylic acids is 3. The number of rotatable bonds is 8. The van der Waals surface area contributed by atoms with Crippen molar-refractivity contribution in [2.45, 2.75) is 26.8 Å². The molecule has 1 unspecified atom stereocenters. The lowest BCUT2D eigenvalue weighted by Crippen LogP contribution is -2.39. The number of carbonyl (C=O) groups is 3. The van der Waals surface area contributed by atoms with Crippen LogP contribution in [0.5, 0.6) is 5.75 Å². The van der Waals surface area contributed by atoms with Crippen molar-refractivity contribution in [2.24, 2.45) is 5.10 Å². The van der Waals surface area contributed by atoms with Gasteiger partial charge in [-0.2, -0.15) is 10.1 Å². The molecule has 0 bridgehead atoms. The van der Waals surface area contributed by atoms with Crippen molar-refractivity contribution in [3.8, 4) is 5.75 Å². The SMILES string of the molecule is CCN(C(=O)COc1ccc(C)cc1C)c1cccc(C(=O)NC2=NN(c3c(Cl)cc(Cl)cc3Cl)C(=O)C2n2cccn2)c1. The van der Waals surface area contributed by atoms with E-state index >= 15 is 0 Å². The van der Waals surface area contributed by atoms with Crippen LogP contribution < -0.4 is 20.0 Å². The molecule has 3 amide bonds. The van der Waals surface area contributed by atoms with Gasteiger partial charge < -0.3 is 15.0 Å². The van der Waals surface area contributed by atoms with Crippen molar-refractivity contribution in [2.75, 3.05) is 23.1 Å². The molecule has 10 nitrogen and oxygen atoms in total. The van der Waals surface area contributed by atoms with Gasteiger partial charge in [-0.1, -0.05) is 58.6 Å². The molecule has 1 aliphatic heterocycles. The lowest BCUT2D eigenvalue weighted by atomic mass is 10.1. The lowest BCUT2D eigenvalue weighted by molar-refractivity contribution is -0.120. The number of benzene rings is 3. The van der Waals surface area contributed by atoms with Crippen LogP contribution in [-0.2, 0) is 9.59 Å².